The highest BCUT2D eigenvalue weighted by Crippen LogP contribution is 2.25. The molecule has 0 atom stereocenters. The fourth-order valence-corrected chi connectivity index (χ4v) is 2.42. The van der Waals surface area contributed by atoms with E-state index in [1.54, 1.807) is 0 Å². The summed E-state index contributed by atoms with van der Waals surface area (Å²) in [6.07, 6.45) is 1.10. The standard InChI is InChI=1S/C15H10BrN7O2/c16-10-3-1-2-4-11(10)21-12-5-8(6-17)20-15(22-12)23-13(18)9(7-19-23)14(24)25/h1-5,7H,18H2,(H,24,25)(H,20,21,22). The molecule has 0 saturated heterocycles. The fourth-order valence-electron chi connectivity index (χ4n) is 2.03. The van der Waals surface area contributed by atoms with Crippen molar-refractivity contribution in [2.75, 3.05) is 11.1 Å². The van der Waals surface area contributed by atoms with Crippen molar-refractivity contribution in [2.45, 2.75) is 0 Å². The summed E-state index contributed by atoms with van der Waals surface area (Å²) in [5, 5.41) is 25.2. The Kier molecular flexibility index (Phi) is 4.32. The summed E-state index contributed by atoms with van der Waals surface area (Å²) in [4.78, 5) is 19.4. The number of nitrogens with zero attached hydrogens (tertiary/aromatic N) is 5. The number of rotatable bonds is 4. The molecule has 0 aliphatic rings. The van der Waals surface area contributed by atoms with Gasteiger partial charge in [0.05, 0.1) is 11.9 Å². The van der Waals surface area contributed by atoms with Crippen molar-refractivity contribution >= 4 is 39.2 Å². The molecule has 0 saturated carbocycles. The normalized spacial score (nSPS) is 10.2. The first kappa shape index (κ1) is 16.4. The van der Waals surface area contributed by atoms with Crippen molar-refractivity contribution < 1.29 is 9.90 Å². The highest BCUT2D eigenvalue weighted by Gasteiger charge is 2.17. The number of halogens is 1. The molecule has 0 spiro atoms. The molecule has 0 aliphatic carbocycles. The number of carboxylic acid groups (broad SMARTS) is 1. The van der Waals surface area contributed by atoms with E-state index in [4.69, 9.17) is 10.8 Å². The second-order valence-corrected chi connectivity index (χ2v) is 5.67. The average molecular weight is 400 g/mol. The summed E-state index contributed by atoms with van der Waals surface area (Å²) in [6.45, 7) is 0. The highest BCUT2D eigenvalue weighted by molar-refractivity contribution is 9.10. The van der Waals surface area contributed by atoms with Gasteiger partial charge >= 0.3 is 5.97 Å². The summed E-state index contributed by atoms with van der Waals surface area (Å²) in [6, 6.07) is 10.8. The number of nitrogens with one attached hydrogen (secondary N) is 1. The lowest BCUT2D eigenvalue weighted by molar-refractivity contribution is 0.0698. The maximum absolute atomic E-state index is 11.1. The minimum Gasteiger partial charge on any atom is -0.477 e. The molecule has 3 rings (SSSR count). The van der Waals surface area contributed by atoms with Crippen LogP contribution in [0.25, 0.3) is 5.95 Å². The molecule has 3 aromatic rings. The predicted molar refractivity (Wildman–Crippen MR) is 92.7 cm³/mol. The molecule has 2 aromatic heterocycles. The zero-order valence-corrected chi connectivity index (χ0v) is 14.1. The number of hydrogen-bond acceptors (Lipinski definition) is 7. The van der Waals surface area contributed by atoms with E-state index in [-0.39, 0.29) is 23.0 Å². The Morgan fingerprint density at radius 2 is 2.12 bits per heavy atom. The van der Waals surface area contributed by atoms with Gasteiger partial charge in [-0.2, -0.15) is 25.0 Å². The van der Waals surface area contributed by atoms with Crippen LogP contribution >= 0.6 is 15.9 Å². The Bertz CT molecular complexity index is 1010. The van der Waals surface area contributed by atoms with E-state index in [1.165, 1.54) is 6.07 Å². The predicted octanol–water partition coefficient (Wildman–Crippen LogP) is 2.32. The van der Waals surface area contributed by atoms with Gasteiger partial charge in [0, 0.05) is 10.5 Å². The Balaban J connectivity index is 2.06. The van der Waals surface area contributed by atoms with Gasteiger partial charge in [-0.05, 0) is 28.1 Å². The zero-order valence-electron chi connectivity index (χ0n) is 12.5. The second kappa shape index (κ2) is 6.58. The first-order chi connectivity index (χ1) is 12.0. The van der Waals surface area contributed by atoms with Crippen molar-refractivity contribution in [1.82, 2.24) is 19.7 Å². The number of nitriles is 1. The largest absolute Gasteiger partial charge is 0.477 e. The quantitative estimate of drug-likeness (QED) is 0.606. The summed E-state index contributed by atoms with van der Waals surface area (Å²) in [5.74, 6) is -1.03. The lowest BCUT2D eigenvalue weighted by atomic mass is 10.3. The molecule has 0 amide bonds. The Labute approximate surface area is 149 Å². The van der Waals surface area contributed by atoms with Crippen molar-refractivity contribution in [2.24, 2.45) is 0 Å². The van der Waals surface area contributed by atoms with Crippen molar-refractivity contribution in [3.8, 4) is 12.0 Å². The second-order valence-electron chi connectivity index (χ2n) is 4.82. The molecule has 1 aromatic carbocycles. The molecule has 2 heterocycles. The third-order valence-electron chi connectivity index (χ3n) is 3.19. The molecule has 0 bridgehead atoms. The van der Waals surface area contributed by atoms with Crippen LogP contribution in [0.15, 0.2) is 41.0 Å². The molecule has 124 valence electrons. The minimum absolute atomic E-state index is 0.0152. The Hall–Kier alpha value is -3.45. The van der Waals surface area contributed by atoms with Crippen molar-refractivity contribution in [1.29, 1.82) is 5.26 Å². The average Bonchev–Trinajstić information content (AvgIpc) is 2.98. The van der Waals surface area contributed by atoms with E-state index < -0.39 is 5.97 Å². The molecule has 9 nitrogen and oxygen atoms in total. The van der Waals surface area contributed by atoms with E-state index in [1.807, 2.05) is 30.3 Å². The van der Waals surface area contributed by atoms with Gasteiger partial charge in [-0.15, -0.1) is 0 Å². The third-order valence-corrected chi connectivity index (χ3v) is 3.88. The van der Waals surface area contributed by atoms with Crippen LogP contribution in [-0.4, -0.2) is 30.8 Å². The number of para-hydroxylation sites is 1. The number of anilines is 3. The minimum atomic E-state index is -1.22. The fraction of sp³-hybridized carbons (Fsp3) is 0. The van der Waals surface area contributed by atoms with Gasteiger partial charge < -0.3 is 16.2 Å². The van der Waals surface area contributed by atoms with E-state index in [2.05, 4.69) is 36.3 Å². The van der Waals surface area contributed by atoms with Gasteiger partial charge in [0.15, 0.2) is 0 Å². The van der Waals surface area contributed by atoms with E-state index >= 15 is 0 Å². The van der Waals surface area contributed by atoms with Gasteiger partial charge in [0.25, 0.3) is 5.95 Å². The van der Waals surface area contributed by atoms with Crippen LogP contribution in [0, 0.1) is 11.3 Å². The van der Waals surface area contributed by atoms with Gasteiger partial charge in [-0.25, -0.2) is 4.79 Å². The number of hydrogen-bond donors (Lipinski definition) is 3. The van der Waals surface area contributed by atoms with Crippen LogP contribution in [0.4, 0.5) is 17.3 Å². The molecule has 4 N–H and O–H groups in total. The summed E-state index contributed by atoms with van der Waals surface area (Å²) in [5.41, 5.74) is 6.42. The molecular weight excluding hydrogens is 390 g/mol. The topological polar surface area (TPSA) is 143 Å². The smallest absolute Gasteiger partial charge is 0.341 e. The number of aromatic nitrogens is 4. The van der Waals surface area contributed by atoms with Gasteiger partial charge in [0.1, 0.15) is 29.0 Å². The van der Waals surface area contributed by atoms with Crippen molar-refractivity contribution in [3.05, 3.63) is 52.3 Å². The van der Waals surface area contributed by atoms with Crippen LogP contribution in [0.5, 0.6) is 0 Å². The zero-order chi connectivity index (χ0) is 18.0. The molecular formula is C15H10BrN7O2. The van der Waals surface area contributed by atoms with Crippen LogP contribution in [0.3, 0.4) is 0 Å². The number of nitrogen functional groups attached to an aromatic ring is 1. The maximum atomic E-state index is 11.1. The number of carboxylic acids is 1. The monoisotopic (exact) mass is 399 g/mol. The van der Waals surface area contributed by atoms with Crippen molar-refractivity contribution in [3.63, 3.8) is 0 Å². The lowest BCUT2D eigenvalue weighted by Crippen LogP contribution is -2.10. The third kappa shape index (κ3) is 3.26. The summed E-state index contributed by atoms with van der Waals surface area (Å²) >= 11 is 3.41. The van der Waals surface area contributed by atoms with Crippen LogP contribution in [0.1, 0.15) is 16.1 Å². The van der Waals surface area contributed by atoms with E-state index in [0.29, 0.717) is 5.82 Å². The molecule has 0 fully saturated rings. The lowest BCUT2D eigenvalue weighted by Gasteiger charge is -2.10. The summed E-state index contributed by atoms with van der Waals surface area (Å²) < 4.78 is 1.87. The molecule has 0 radical (unpaired) electrons. The van der Waals surface area contributed by atoms with Crippen LogP contribution in [0.2, 0.25) is 0 Å². The maximum Gasteiger partial charge on any atom is 0.341 e. The van der Waals surface area contributed by atoms with Crippen LogP contribution < -0.4 is 11.1 Å². The molecule has 0 unspecified atom stereocenters. The number of carbonyl (C=O) groups is 1. The van der Waals surface area contributed by atoms with Gasteiger partial charge in [0.2, 0.25) is 0 Å². The Morgan fingerprint density at radius 3 is 2.76 bits per heavy atom. The van der Waals surface area contributed by atoms with Crippen LogP contribution in [-0.2, 0) is 0 Å². The highest BCUT2D eigenvalue weighted by atomic mass is 79.9. The Morgan fingerprint density at radius 1 is 1.36 bits per heavy atom. The first-order valence-corrected chi connectivity index (χ1v) is 7.67. The number of aromatic carboxylic acids is 1. The van der Waals surface area contributed by atoms with E-state index in [0.717, 1.165) is 21.0 Å². The van der Waals surface area contributed by atoms with E-state index in [9.17, 15) is 10.1 Å². The van der Waals surface area contributed by atoms with Gasteiger partial charge in [-0.3, -0.25) is 0 Å². The number of nitrogens with two attached hydrogens (primary N) is 1. The molecule has 25 heavy (non-hydrogen) atoms. The van der Waals surface area contributed by atoms with Gasteiger partial charge in [-0.1, -0.05) is 12.1 Å². The summed E-state index contributed by atoms with van der Waals surface area (Å²) in [7, 11) is 0. The molecule has 10 heteroatoms. The SMILES string of the molecule is N#Cc1cc(Nc2ccccc2Br)nc(-n2ncc(C(=O)O)c2N)n1. The molecule has 0 aliphatic heterocycles. The first-order valence-electron chi connectivity index (χ1n) is 6.87. The number of benzene rings is 1.